The average molecular weight is 363 g/mol. The van der Waals surface area contributed by atoms with Gasteiger partial charge in [-0.1, -0.05) is 6.07 Å². The molecular weight excluding hydrogens is 341 g/mol. The summed E-state index contributed by atoms with van der Waals surface area (Å²) in [7, 11) is 3.38. The Kier molecular flexibility index (Phi) is 7.34. The Bertz CT molecular complexity index is 703. The number of carbonyl (C=O) groups excluding carboxylic acids is 1. The van der Waals surface area contributed by atoms with Gasteiger partial charge in [-0.05, 0) is 30.0 Å². The van der Waals surface area contributed by atoms with Crippen molar-refractivity contribution in [2.45, 2.75) is 13.0 Å². The molecule has 2 N–H and O–H groups in total. The third-order valence-corrected chi connectivity index (χ3v) is 4.31. The molecule has 2 rings (SSSR count). The Labute approximate surface area is 150 Å². The van der Waals surface area contributed by atoms with Gasteiger partial charge in [0.1, 0.15) is 5.82 Å². The summed E-state index contributed by atoms with van der Waals surface area (Å²) in [5.74, 6) is -0.0119. The number of carbonyl (C=O) groups is 1. The van der Waals surface area contributed by atoms with Crippen molar-refractivity contribution in [2.75, 3.05) is 27.2 Å². The zero-order valence-electron chi connectivity index (χ0n) is 14.3. The predicted molar refractivity (Wildman–Crippen MR) is 98.1 cm³/mol. The van der Waals surface area contributed by atoms with Crippen LogP contribution in [-0.4, -0.2) is 48.9 Å². The fourth-order valence-corrected chi connectivity index (χ4v) is 2.65. The third kappa shape index (κ3) is 6.50. The van der Waals surface area contributed by atoms with Crippen molar-refractivity contribution in [1.29, 1.82) is 0 Å². The molecule has 2 aromatic heterocycles. The molecule has 0 radical (unpaired) electrons. The van der Waals surface area contributed by atoms with Crippen LogP contribution in [0.3, 0.4) is 0 Å². The number of aromatic nitrogens is 1. The molecule has 0 aliphatic carbocycles. The van der Waals surface area contributed by atoms with Crippen LogP contribution in [0.25, 0.3) is 0 Å². The standard InChI is InChI=1S/C17H22FN5OS/c1-23(2)16(24)12-22-17(20-9-7-13-5-4-10-25-13)21-11-15-14(18)6-3-8-19-15/h3-6,8,10H,7,9,11-12H2,1-2H3,(H2,20,21,22). The van der Waals surface area contributed by atoms with Gasteiger partial charge in [0.2, 0.25) is 5.91 Å². The maximum atomic E-state index is 13.7. The van der Waals surface area contributed by atoms with Crippen molar-refractivity contribution in [2.24, 2.45) is 4.99 Å². The number of guanidine groups is 1. The summed E-state index contributed by atoms with van der Waals surface area (Å²) in [5, 5.41) is 8.17. The number of rotatable bonds is 7. The molecule has 8 heteroatoms. The zero-order valence-corrected chi connectivity index (χ0v) is 15.1. The van der Waals surface area contributed by atoms with E-state index in [1.165, 1.54) is 28.1 Å². The van der Waals surface area contributed by atoms with E-state index in [9.17, 15) is 9.18 Å². The molecule has 0 unspecified atom stereocenters. The number of nitrogens with one attached hydrogen (secondary N) is 2. The van der Waals surface area contributed by atoms with Gasteiger partial charge < -0.3 is 15.5 Å². The second-order valence-electron chi connectivity index (χ2n) is 5.49. The van der Waals surface area contributed by atoms with E-state index < -0.39 is 5.82 Å². The number of thiophene rings is 1. The van der Waals surface area contributed by atoms with Crippen LogP contribution in [0.2, 0.25) is 0 Å². The van der Waals surface area contributed by atoms with Crippen molar-refractivity contribution in [3.8, 4) is 0 Å². The molecule has 0 saturated heterocycles. The molecule has 2 heterocycles. The molecule has 0 atom stereocenters. The maximum Gasteiger partial charge on any atom is 0.241 e. The molecule has 0 fully saturated rings. The van der Waals surface area contributed by atoms with Crippen LogP contribution in [0.1, 0.15) is 10.6 Å². The zero-order chi connectivity index (χ0) is 18.1. The van der Waals surface area contributed by atoms with E-state index >= 15 is 0 Å². The summed E-state index contributed by atoms with van der Waals surface area (Å²) in [6.45, 7) is 0.868. The molecule has 0 aliphatic heterocycles. The van der Waals surface area contributed by atoms with Crippen molar-refractivity contribution in [1.82, 2.24) is 20.5 Å². The summed E-state index contributed by atoms with van der Waals surface area (Å²) in [6, 6.07) is 6.96. The summed E-state index contributed by atoms with van der Waals surface area (Å²) < 4.78 is 13.7. The average Bonchev–Trinajstić information content (AvgIpc) is 3.11. The highest BCUT2D eigenvalue weighted by atomic mass is 32.1. The fraction of sp³-hybridized carbons (Fsp3) is 0.353. The molecule has 0 saturated carbocycles. The lowest BCUT2D eigenvalue weighted by molar-refractivity contribution is -0.127. The fourth-order valence-electron chi connectivity index (χ4n) is 1.94. The van der Waals surface area contributed by atoms with Crippen LogP contribution < -0.4 is 10.6 Å². The lowest BCUT2D eigenvalue weighted by Crippen LogP contribution is -2.43. The minimum atomic E-state index is -0.395. The van der Waals surface area contributed by atoms with Crippen molar-refractivity contribution in [3.05, 3.63) is 52.2 Å². The number of likely N-dealkylation sites (N-methyl/N-ethyl adjacent to an activating group) is 1. The number of hydrogen-bond donors (Lipinski definition) is 2. The molecule has 0 spiro atoms. The molecule has 6 nitrogen and oxygen atoms in total. The van der Waals surface area contributed by atoms with E-state index in [0.29, 0.717) is 12.5 Å². The van der Waals surface area contributed by atoms with Gasteiger partial charge in [-0.15, -0.1) is 11.3 Å². The molecule has 134 valence electrons. The lowest BCUT2D eigenvalue weighted by Gasteiger charge is -2.14. The SMILES string of the molecule is CN(C)C(=O)CNC(=NCc1ncccc1F)NCCc1cccs1. The van der Waals surface area contributed by atoms with Crippen LogP contribution in [-0.2, 0) is 17.8 Å². The van der Waals surface area contributed by atoms with E-state index in [-0.39, 0.29) is 24.7 Å². The molecule has 25 heavy (non-hydrogen) atoms. The predicted octanol–water partition coefficient (Wildman–Crippen LogP) is 1.65. The third-order valence-electron chi connectivity index (χ3n) is 3.37. The Balaban J connectivity index is 1.95. The van der Waals surface area contributed by atoms with E-state index in [1.807, 2.05) is 11.4 Å². The van der Waals surface area contributed by atoms with Gasteiger partial charge in [0.15, 0.2) is 5.96 Å². The Morgan fingerprint density at radius 2 is 2.16 bits per heavy atom. The first-order chi connectivity index (χ1) is 12.1. The van der Waals surface area contributed by atoms with Gasteiger partial charge in [0, 0.05) is 31.7 Å². The first-order valence-electron chi connectivity index (χ1n) is 7.90. The van der Waals surface area contributed by atoms with Crippen LogP contribution in [0.4, 0.5) is 4.39 Å². The summed E-state index contributed by atoms with van der Waals surface area (Å²) in [5.41, 5.74) is 0.265. The molecule has 1 amide bonds. The van der Waals surface area contributed by atoms with Crippen molar-refractivity contribution < 1.29 is 9.18 Å². The smallest absolute Gasteiger partial charge is 0.241 e. The monoisotopic (exact) mass is 363 g/mol. The van der Waals surface area contributed by atoms with Crippen LogP contribution >= 0.6 is 11.3 Å². The Morgan fingerprint density at radius 3 is 2.84 bits per heavy atom. The highest BCUT2D eigenvalue weighted by molar-refractivity contribution is 7.09. The van der Waals surface area contributed by atoms with E-state index in [4.69, 9.17) is 0 Å². The number of hydrogen-bond acceptors (Lipinski definition) is 4. The van der Waals surface area contributed by atoms with Crippen LogP contribution in [0.5, 0.6) is 0 Å². The minimum Gasteiger partial charge on any atom is -0.356 e. The first-order valence-corrected chi connectivity index (χ1v) is 8.78. The number of nitrogens with zero attached hydrogens (tertiary/aromatic N) is 3. The quantitative estimate of drug-likeness (QED) is 0.580. The van der Waals surface area contributed by atoms with Crippen molar-refractivity contribution in [3.63, 3.8) is 0 Å². The summed E-state index contributed by atoms with van der Waals surface area (Å²) in [6.07, 6.45) is 2.37. The van der Waals surface area contributed by atoms with Gasteiger partial charge in [0.05, 0.1) is 18.8 Å². The first kappa shape index (κ1) is 18.9. The Morgan fingerprint density at radius 1 is 1.32 bits per heavy atom. The Hall–Kier alpha value is -2.48. The van der Waals surface area contributed by atoms with Crippen LogP contribution in [0, 0.1) is 5.82 Å². The highest BCUT2D eigenvalue weighted by Crippen LogP contribution is 2.08. The normalized spacial score (nSPS) is 11.2. The van der Waals surface area contributed by atoms with Gasteiger partial charge in [-0.25, -0.2) is 9.38 Å². The van der Waals surface area contributed by atoms with Gasteiger partial charge in [-0.2, -0.15) is 0 Å². The van der Waals surface area contributed by atoms with E-state index in [1.54, 1.807) is 25.4 Å². The van der Waals surface area contributed by atoms with Gasteiger partial charge in [-0.3, -0.25) is 9.78 Å². The van der Waals surface area contributed by atoms with Gasteiger partial charge in [0.25, 0.3) is 0 Å². The molecule has 0 aliphatic rings. The van der Waals surface area contributed by atoms with Crippen molar-refractivity contribution >= 4 is 23.2 Å². The molecule has 0 aromatic carbocycles. The minimum absolute atomic E-state index is 0.0724. The maximum absolute atomic E-state index is 13.7. The number of amides is 1. The highest BCUT2D eigenvalue weighted by Gasteiger charge is 2.07. The molecular formula is C17H22FN5OS. The van der Waals surface area contributed by atoms with Gasteiger partial charge >= 0.3 is 0 Å². The number of pyridine rings is 1. The second kappa shape index (κ2) is 9.73. The molecule has 0 bridgehead atoms. The molecule has 2 aromatic rings. The van der Waals surface area contributed by atoms with E-state index in [0.717, 1.165) is 6.42 Å². The second-order valence-corrected chi connectivity index (χ2v) is 6.53. The number of halogens is 1. The summed E-state index contributed by atoms with van der Waals surface area (Å²) >= 11 is 1.69. The lowest BCUT2D eigenvalue weighted by atomic mass is 10.3. The number of aliphatic imine (C=N–C) groups is 1. The topological polar surface area (TPSA) is 69.6 Å². The summed E-state index contributed by atoms with van der Waals surface area (Å²) in [4.78, 5) is 22.8. The van der Waals surface area contributed by atoms with E-state index in [2.05, 4.69) is 26.7 Å². The largest absolute Gasteiger partial charge is 0.356 e. The van der Waals surface area contributed by atoms with Crippen LogP contribution in [0.15, 0.2) is 40.8 Å².